The number of hydrogen-bond donors (Lipinski definition) is 2. The average Bonchev–Trinajstić information content (AvgIpc) is 3.15. The van der Waals surface area contributed by atoms with Crippen LogP contribution in [0.5, 0.6) is 5.75 Å². The zero-order chi connectivity index (χ0) is 20.4. The summed E-state index contributed by atoms with van der Waals surface area (Å²) in [6, 6.07) is 15.5. The molecule has 2 aromatic carbocycles. The molecule has 0 aliphatic carbocycles. The van der Waals surface area contributed by atoms with E-state index in [2.05, 4.69) is 21.4 Å². The Balaban J connectivity index is 1.77. The van der Waals surface area contributed by atoms with E-state index in [4.69, 9.17) is 0 Å². The van der Waals surface area contributed by atoms with E-state index in [0.717, 1.165) is 43.0 Å². The molecule has 152 valence electrons. The van der Waals surface area contributed by atoms with Crippen LogP contribution < -0.4 is 15.9 Å². The van der Waals surface area contributed by atoms with E-state index >= 15 is 0 Å². The molecule has 0 spiro atoms. The smallest absolute Gasteiger partial charge is 0.350 e. The number of hydrogen-bond acceptors (Lipinski definition) is 5. The lowest BCUT2D eigenvalue weighted by Gasteiger charge is -2.39. The van der Waals surface area contributed by atoms with E-state index in [0.29, 0.717) is 0 Å². The van der Waals surface area contributed by atoms with Crippen LogP contribution >= 0.6 is 0 Å². The molecule has 0 radical (unpaired) electrons. The molecule has 29 heavy (non-hydrogen) atoms. The first-order chi connectivity index (χ1) is 14.1. The monoisotopic (exact) mass is 393 g/mol. The molecule has 1 fully saturated rings. The first-order valence-corrected chi connectivity index (χ1v) is 10.1. The van der Waals surface area contributed by atoms with Crippen LogP contribution in [0.3, 0.4) is 0 Å². The fourth-order valence-corrected chi connectivity index (χ4v) is 3.85. The number of aromatic hydroxyl groups is 1. The minimum absolute atomic E-state index is 0.0554. The molecule has 0 saturated carbocycles. The molecule has 7 nitrogen and oxygen atoms in total. The van der Waals surface area contributed by atoms with Crippen molar-refractivity contribution in [2.45, 2.75) is 32.4 Å². The van der Waals surface area contributed by atoms with Crippen molar-refractivity contribution >= 4 is 5.69 Å². The summed E-state index contributed by atoms with van der Waals surface area (Å²) in [6.07, 6.45) is 2.46. The number of nitrogens with zero attached hydrogens (tertiary/aromatic N) is 4. The highest BCUT2D eigenvalue weighted by Gasteiger charge is 2.26. The Kier molecular flexibility index (Phi) is 5.40. The molecule has 3 aromatic rings. The Morgan fingerprint density at radius 3 is 2.62 bits per heavy atom. The minimum Gasteiger partial charge on any atom is -0.508 e. The molecular weight excluding hydrogens is 366 g/mol. The second kappa shape index (κ2) is 8.13. The Hall–Kier alpha value is -3.06. The number of para-hydroxylation sites is 2. The molecule has 7 heteroatoms. The van der Waals surface area contributed by atoms with Gasteiger partial charge in [-0.3, -0.25) is 0 Å². The summed E-state index contributed by atoms with van der Waals surface area (Å²) in [5, 5.41) is 17.5. The predicted molar refractivity (Wildman–Crippen MR) is 114 cm³/mol. The van der Waals surface area contributed by atoms with Gasteiger partial charge in [-0.1, -0.05) is 31.2 Å². The van der Waals surface area contributed by atoms with Crippen molar-refractivity contribution in [2.75, 3.05) is 24.5 Å². The summed E-state index contributed by atoms with van der Waals surface area (Å²) in [7, 11) is 0. The quantitative estimate of drug-likeness (QED) is 0.697. The topological polar surface area (TPSA) is 75.3 Å². The molecule has 2 heterocycles. The summed E-state index contributed by atoms with van der Waals surface area (Å²) < 4.78 is 3.18. The Labute approximate surface area is 170 Å². The van der Waals surface area contributed by atoms with Crippen LogP contribution in [0.15, 0.2) is 59.7 Å². The van der Waals surface area contributed by atoms with Crippen molar-refractivity contribution in [3.8, 4) is 11.4 Å². The molecule has 1 aromatic heterocycles. The molecule has 1 saturated heterocycles. The minimum atomic E-state index is -0.122. The maximum atomic E-state index is 13.0. The number of rotatable bonds is 5. The average molecular weight is 393 g/mol. The number of aromatic nitrogens is 3. The molecule has 2 unspecified atom stereocenters. The number of nitrogens with one attached hydrogen (secondary N) is 1. The normalized spacial score (nSPS) is 18.0. The maximum Gasteiger partial charge on any atom is 0.350 e. The second-order valence-corrected chi connectivity index (χ2v) is 7.48. The lowest BCUT2D eigenvalue weighted by molar-refractivity contribution is 0.460. The summed E-state index contributed by atoms with van der Waals surface area (Å²) in [4.78, 5) is 15.3. The number of piperazine rings is 1. The first-order valence-electron chi connectivity index (χ1n) is 10.1. The van der Waals surface area contributed by atoms with Crippen molar-refractivity contribution in [1.82, 2.24) is 19.7 Å². The Morgan fingerprint density at radius 1 is 1.17 bits per heavy atom. The molecule has 0 amide bonds. The highest BCUT2D eigenvalue weighted by molar-refractivity contribution is 5.64. The van der Waals surface area contributed by atoms with Gasteiger partial charge in [0.25, 0.3) is 0 Å². The van der Waals surface area contributed by atoms with Gasteiger partial charge in [-0.2, -0.15) is 5.10 Å². The van der Waals surface area contributed by atoms with Gasteiger partial charge in [-0.25, -0.2) is 14.0 Å². The molecule has 1 aliphatic rings. The van der Waals surface area contributed by atoms with Crippen molar-refractivity contribution in [3.05, 3.63) is 70.9 Å². The van der Waals surface area contributed by atoms with Crippen molar-refractivity contribution < 1.29 is 5.11 Å². The zero-order valence-electron chi connectivity index (χ0n) is 16.8. The van der Waals surface area contributed by atoms with Crippen LogP contribution in [0.25, 0.3) is 5.69 Å². The van der Waals surface area contributed by atoms with Crippen LogP contribution in [-0.2, 0) is 0 Å². The van der Waals surface area contributed by atoms with E-state index in [1.807, 2.05) is 44.2 Å². The zero-order valence-corrected chi connectivity index (χ0v) is 16.8. The van der Waals surface area contributed by atoms with Gasteiger partial charge in [0.15, 0.2) is 0 Å². The standard InChI is InChI=1S/C22H27N5O2/c1-3-16(2)27-22(29)26(15-24-27)20-7-5-4-6-19(20)25-13-12-23-14-21(25)17-8-10-18(28)11-9-17/h4-11,15-16,21,23,28H,3,12-14H2,1-2H3. The Morgan fingerprint density at radius 2 is 1.90 bits per heavy atom. The van der Waals surface area contributed by atoms with E-state index in [1.54, 1.807) is 27.7 Å². The summed E-state index contributed by atoms with van der Waals surface area (Å²) in [6.45, 7) is 6.52. The van der Waals surface area contributed by atoms with Gasteiger partial charge >= 0.3 is 5.69 Å². The fraction of sp³-hybridized carbons (Fsp3) is 0.364. The summed E-state index contributed by atoms with van der Waals surface area (Å²) in [5.74, 6) is 0.258. The van der Waals surface area contributed by atoms with E-state index < -0.39 is 0 Å². The van der Waals surface area contributed by atoms with Crippen LogP contribution in [0.2, 0.25) is 0 Å². The largest absolute Gasteiger partial charge is 0.508 e. The van der Waals surface area contributed by atoms with Crippen LogP contribution in [0, 0.1) is 0 Å². The molecule has 0 bridgehead atoms. The van der Waals surface area contributed by atoms with Crippen molar-refractivity contribution in [1.29, 1.82) is 0 Å². The lowest BCUT2D eigenvalue weighted by atomic mass is 10.0. The third kappa shape index (κ3) is 3.65. The lowest BCUT2D eigenvalue weighted by Crippen LogP contribution is -2.46. The molecule has 2 N–H and O–H groups in total. The van der Waals surface area contributed by atoms with Crippen LogP contribution in [0.1, 0.15) is 37.9 Å². The predicted octanol–water partition coefficient (Wildman–Crippen LogP) is 2.86. The Bertz CT molecular complexity index is 1020. The highest BCUT2D eigenvalue weighted by Crippen LogP contribution is 2.33. The van der Waals surface area contributed by atoms with E-state index in [1.165, 1.54) is 0 Å². The number of phenolic OH excluding ortho intramolecular Hbond substituents is 1. The number of phenols is 1. The summed E-state index contributed by atoms with van der Waals surface area (Å²) >= 11 is 0. The third-order valence-electron chi connectivity index (χ3n) is 5.67. The van der Waals surface area contributed by atoms with Crippen LogP contribution in [-0.4, -0.2) is 39.1 Å². The molecule has 1 aliphatic heterocycles. The van der Waals surface area contributed by atoms with Gasteiger partial charge < -0.3 is 15.3 Å². The number of anilines is 1. The molecule has 4 rings (SSSR count). The van der Waals surface area contributed by atoms with Gasteiger partial charge in [-0.15, -0.1) is 0 Å². The molecule has 2 atom stereocenters. The van der Waals surface area contributed by atoms with Gasteiger partial charge in [0.2, 0.25) is 0 Å². The van der Waals surface area contributed by atoms with Gasteiger partial charge in [0, 0.05) is 19.6 Å². The van der Waals surface area contributed by atoms with Crippen LogP contribution in [0.4, 0.5) is 5.69 Å². The van der Waals surface area contributed by atoms with Crippen molar-refractivity contribution in [2.24, 2.45) is 0 Å². The van der Waals surface area contributed by atoms with Gasteiger partial charge in [0.1, 0.15) is 12.1 Å². The molecular formula is C22H27N5O2. The van der Waals surface area contributed by atoms with Gasteiger partial charge in [0.05, 0.1) is 23.5 Å². The van der Waals surface area contributed by atoms with Crippen molar-refractivity contribution in [3.63, 3.8) is 0 Å². The van der Waals surface area contributed by atoms with E-state index in [-0.39, 0.29) is 23.5 Å². The first kappa shape index (κ1) is 19.3. The number of benzene rings is 2. The van der Waals surface area contributed by atoms with E-state index in [9.17, 15) is 9.90 Å². The SMILES string of the molecule is CCC(C)n1ncn(-c2ccccc2N2CCNCC2c2ccc(O)cc2)c1=O. The maximum absolute atomic E-state index is 13.0. The van der Waals surface area contributed by atoms with Gasteiger partial charge in [-0.05, 0) is 43.2 Å². The fourth-order valence-electron chi connectivity index (χ4n) is 3.85. The third-order valence-corrected chi connectivity index (χ3v) is 5.67. The summed E-state index contributed by atoms with van der Waals surface area (Å²) in [5.41, 5.74) is 2.83. The second-order valence-electron chi connectivity index (χ2n) is 7.48. The highest BCUT2D eigenvalue weighted by atomic mass is 16.3.